The van der Waals surface area contributed by atoms with Crippen LogP contribution < -0.4 is 5.32 Å². The average Bonchev–Trinajstić information content (AvgIpc) is 2.58. The first-order valence-electron chi connectivity index (χ1n) is 6.95. The Kier molecular flexibility index (Phi) is 3.97. The molecule has 9 nitrogen and oxygen atoms in total. The number of sulfone groups is 1. The number of aromatic nitrogens is 1. The van der Waals surface area contributed by atoms with E-state index in [1.54, 1.807) is 6.07 Å². The number of carbonyl (C=O) groups is 1. The lowest BCUT2D eigenvalue weighted by atomic mass is 10.1. The normalized spacial score (nSPS) is 15.4. The van der Waals surface area contributed by atoms with Crippen molar-refractivity contribution >= 4 is 33.0 Å². The smallest absolute Gasteiger partial charge is 0.287 e. The molecule has 0 bridgehead atoms. The molecule has 1 amide bonds. The number of amides is 1. The van der Waals surface area contributed by atoms with E-state index in [0.717, 1.165) is 12.3 Å². The number of hydrogen-bond acceptors (Lipinski definition) is 7. The molecule has 0 fully saturated rings. The minimum atomic E-state index is -3.77. The van der Waals surface area contributed by atoms with Gasteiger partial charge in [0.1, 0.15) is 17.8 Å². The Morgan fingerprint density at radius 1 is 1.24 bits per heavy atom. The molecule has 25 heavy (non-hydrogen) atoms. The second kappa shape index (κ2) is 5.98. The molecule has 3 rings (SSSR count). The van der Waals surface area contributed by atoms with Gasteiger partial charge in [-0.2, -0.15) is 0 Å². The molecule has 1 aromatic heterocycles. The highest BCUT2D eigenvalue weighted by atomic mass is 32.2. The van der Waals surface area contributed by atoms with Crippen LogP contribution in [0.5, 0.6) is 0 Å². The second-order valence-electron chi connectivity index (χ2n) is 5.20. The number of carbonyl (C=O) groups excluding carboxylic acids is 1. The lowest BCUT2D eigenvalue weighted by Crippen LogP contribution is -2.26. The summed E-state index contributed by atoms with van der Waals surface area (Å²) < 4.78 is 24.6. The Balaban J connectivity index is 1.93. The SMILES string of the molecule is O=C(Nc1ccc([N+](=O)[O-])cn1)C1=C(O)c2ccccc2S(=O)(=O)C1. The molecule has 0 spiro atoms. The summed E-state index contributed by atoms with van der Waals surface area (Å²) in [5.41, 5.74) is -0.524. The fourth-order valence-electron chi connectivity index (χ4n) is 2.37. The quantitative estimate of drug-likeness (QED) is 0.626. The topological polar surface area (TPSA) is 140 Å². The molecule has 1 aliphatic heterocycles. The number of aliphatic hydroxyl groups is 1. The van der Waals surface area contributed by atoms with Gasteiger partial charge in [0.25, 0.3) is 11.6 Å². The van der Waals surface area contributed by atoms with Crippen LogP contribution in [0.2, 0.25) is 0 Å². The van der Waals surface area contributed by atoms with Crippen LogP contribution in [0.4, 0.5) is 11.5 Å². The summed E-state index contributed by atoms with van der Waals surface area (Å²) in [4.78, 5) is 25.9. The number of nitro groups is 1. The van der Waals surface area contributed by atoms with E-state index in [4.69, 9.17) is 0 Å². The molecule has 2 aromatic rings. The number of nitrogens with one attached hydrogen (secondary N) is 1. The summed E-state index contributed by atoms with van der Waals surface area (Å²) in [6.07, 6.45) is 0.955. The zero-order valence-corrected chi connectivity index (χ0v) is 13.4. The molecule has 2 N–H and O–H groups in total. The first kappa shape index (κ1) is 16.6. The Bertz CT molecular complexity index is 1010. The lowest BCUT2D eigenvalue weighted by Gasteiger charge is -2.19. The molecule has 1 aliphatic rings. The second-order valence-corrected chi connectivity index (χ2v) is 7.15. The molecule has 0 aliphatic carbocycles. The van der Waals surface area contributed by atoms with Crippen LogP contribution in [0.3, 0.4) is 0 Å². The molecule has 128 valence electrons. The highest BCUT2D eigenvalue weighted by Crippen LogP contribution is 2.32. The highest BCUT2D eigenvalue weighted by molar-refractivity contribution is 7.91. The number of anilines is 1. The maximum absolute atomic E-state index is 12.3. The summed E-state index contributed by atoms with van der Waals surface area (Å²) in [5.74, 6) is -1.94. The minimum absolute atomic E-state index is 0.00726. The molecule has 0 saturated heterocycles. The van der Waals surface area contributed by atoms with Crippen molar-refractivity contribution in [3.63, 3.8) is 0 Å². The number of fused-ring (bicyclic) bond motifs is 1. The number of pyridine rings is 1. The molecule has 0 saturated carbocycles. The van der Waals surface area contributed by atoms with Gasteiger partial charge in [-0.25, -0.2) is 13.4 Å². The minimum Gasteiger partial charge on any atom is -0.507 e. The van der Waals surface area contributed by atoms with Crippen LogP contribution in [0.1, 0.15) is 5.56 Å². The average molecular weight is 361 g/mol. The van der Waals surface area contributed by atoms with Crippen molar-refractivity contribution in [1.29, 1.82) is 0 Å². The van der Waals surface area contributed by atoms with Gasteiger partial charge in [0, 0.05) is 11.6 Å². The summed E-state index contributed by atoms with van der Waals surface area (Å²) in [7, 11) is -3.77. The zero-order valence-electron chi connectivity index (χ0n) is 12.5. The van der Waals surface area contributed by atoms with E-state index in [1.807, 2.05) is 0 Å². The van der Waals surface area contributed by atoms with Crippen LogP contribution in [-0.2, 0) is 14.6 Å². The van der Waals surface area contributed by atoms with E-state index < -0.39 is 32.2 Å². The van der Waals surface area contributed by atoms with Crippen molar-refractivity contribution in [3.8, 4) is 0 Å². The van der Waals surface area contributed by atoms with Crippen LogP contribution >= 0.6 is 0 Å². The van der Waals surface area contributed by atoms with E-state index in [9.17, 15) is 28.4 Å². The van der Waals surface area contributed by atoms with Gasteiger partial charge >= 0.3 is 0 Å². The van der Waals surface area contributed by atoms with Crippen molar-refractivity contribution < 1.29 is 23.2 Å². The lowest BCUT2D eigenvalue weighted by molar-refractivity contribution is -0.385. The van der Waals surface area contributed by atoms with Crippen molar-refractivity contribution in [2.45, 2.75) is 4.90 Å². The van der Waals surface area contributed by atoms with Crippen molar-refractivity contribution in [1.82, 2.24) is 4.98 Å². The van der Waals surface area contributed by atoms with E-state index in [2.05, 4.69) is 10.3 Å². The molecular weight excluding hydrogens is 350 g/mol. The predicted octanol–water partition coefficient (Wildman–Crippen LogP) is 1.68. The summed E-state index contributed by atoms with van der Waals surface area (Å²) in [6.45, 7) is 0. The summed E-state index contributed by atoms with van der Waals surface area (Å²) in [5, 5.41) is 23.2. The van der Waals surface area contributed by atoms with E-state index in [-0.39, 0.29) is 27.5 Å². The summed E-state index contributed by atoms with van der Waals surface area (Å²) >= 11 is 0. The molecule has 0 radical (unpaired) electrons. The van der Waals surface area contributed by atoms with E-state index in [1.165, 1.54) is 24.3 Å². The zero-order chi connectivity index (χ0) is 18.2. The Morgan fingerprint density at radius 3 is 2.60 bits per heavy atom. The monoisotopic (exact) mass is 361 g/mol. The van der Waals surface area contributed by atoms with E-state index >= 15 is 0 Å². The first-order valence-corrected chi connectivity index (χ1v) is 8.61. The van der Waals surface area contributed by atoms with Crippen LogP contribution in [0.25, 0.3) is 5.76 Å². The molecule has 0 unspecified atom stereocenters. The fourth-order valence-corrected chi connectivity index (χ4v) is 3.95. The van der Waals surface area contributed by atoms with Gasteiger partial charge in [-0.3, -0.25) is 14.9 Å². The first-order chi connectivity index (χ1) is 11.8. The third-order valence-electron chi connectivity index (χ3n) is 3.57. The van der Waals surface area contributed by atoms with Gasteiger partial charge in [-0.1, -0.05) is 12.1 Å². The largest absolute Gasteiger partial charge is 0.507 e. The number of hydrogen-bond donors (Lipinski definition) is 2. The Hall–Kier alpha value is -3.27. The van der Waals surface area contributed by atoms with Crippen LogP contribution in [0, 0.1) is 10.1 Å². The standard InChI is InChI=1S/C15H11N3O6S/c19-14-10-3-1-2-4-12(10)25(23,24)8-11(14)15(20)17-13-6-5-9(7-16-13)18(21)22/h1-7,19H,8H2,(H,16,17,20). The molecule has 1 aromatic carbocycles. The Labute approximate surface area is 141 Å². The number of nitrogens with zero attached hydrogens (tertiary/aromatic N) is 2. The van der Waals surface area contributed by atoms with Crippen molar-refractivity contribution in [2.75, 3.05) is 11.1 Å². The molecule has 10 heteroatoms. The fraction of sp³-hybridized carbons (Fsp3) is 0.0667. The van der Waals surface area contributed by atoms with Gasteiger partial charge in [0.2, 0.25) is 0 Å². The van der Waals surface area contributed by atoms with Crippen molar-refractivity contribution in [3.05, 3.63) is 63.8 Å². The van der Waals surface area contributed by atoms with Gasteiger partial charge in [-0.15, -0.1) is 0 Å². The van der Waals surface area contributed by atoms with Gasteiger partial charge in [0.15, 0.2) is 9.84 Å². The number of benzene rings is 1. The summed E-state index contributed by atoms with van der Waals surface area (Å²) in [6, 6.07) is 8.17. The maximum atomic E-state index is 12.3. The highest BCUT2D eigenvalue weighted by Gasteiger charge is 2.33. The molecular formula is C15H11N3O6S. The van der Waals surface area contributed by atoms with E-state index in [0.29, 0.717) is 0 Å². The van der Waals surface area contributed by atoms with Gasteiger partial charge in [-0.05, 0) is 18.2 Å². The van der Waals surface area contributed by atoms with Crippen molar-refractivity contribution in [2.24, 2.45) is 0 Å². The predicted molar refractivity (Wildman–Crippen MR) is 87.6 cm³/mol. The molecule has 2 heterocycles. The maximum Gasteiger partial charge on any atom is 0.287 e. The molecule has 0 atom stereocenters. The van der Waals surface area contributed by atoms with Crippen LogP contribution in [-0.4, -0.2) is 35.1 Å². The van der Waals surface area contributed by atoms with Gasteiger partial charge in [0.05, 0.1) is 21.1 Å². The van der Waals surface area contributed by atoms with Crippen LogP contribution in [0.15, 0.2) is 53.1 Å². The number of rotatable bonds is 3. The number of aliphatic hydroxyl groups excluding tert-OH is 1. The third-order valence-corrected chi connectivity index (χ3v) is 5.27. The third kappa shape index (κ3) is 3.06. The van der Waals surface area contributed by atoms with Gasteiger partial charge < -0.3 is 10.4 Å². The Morgan fingerprint density at radius 2 is 1.96 bits per heavy atom.